The van der Waals surface area contributed by atoms with E-state index in [1.165, 1.54) is 17.3 Å². The Morgan fingerprint density at radius 3 is 2.72 bits per heavy atom. The van der Waals surface area contributed by atoms with E-state index in [0.717, 1.165) is 0 Å². The second kappa shape index (κ2) is 5.13. The number of amides is 1. The fraction of sp³-hybridized carbons (Fsp3) is 0.600. The Balaban J connectivity index is 2.00. The van der Waals surface area contributed by atoms with Gasteiger partial charge in [-0.05, 0) is 0 Å². The molecule has 1 aromatic heterocycles. The number of rotatable bonds is 4. The van der Waals surface area contributed by atoms with Crippen molar-refractivity contribution in [2.45, 2.75) is 24.9 Å². The molecule has 1 aromatic rings. The van der Waals surface area contributed by atoms with Gasteiger partial charge in [0, 0.05) is 26.1 Å². The predicted molar refractivity (Wildman–Crippen MR) is 58.6 cm³/mol. The maximum absolute atomic E-state index is 11.8. The smallest absolute Gasteiger partial charge is 0.329 e. The number of aliphatic carboxylic acids is 1. The molecule has 1 fully saturated rings. The van der Waals surface area contributed by atoms with Crippen LogP contribution in [0, 0.1) is 0 Å². The minimum Gasteiger partial charge on any atom is -0.480 e. The zero-order chi connectivity index (χ0) is 13.0. The monoisotopic (exact) mass is 254 g/mol. The molecule has 2 rings (SSSR count). The van der Waals surface area contributed by atoms with Crippen molar-refractivity contribution in [2.24, 2.45) is 0 Å². The summed E-state index contributed by atoms with van der Waals surface area (Å²) < 4.78 is 6.46. The zero-order valence-electron chi connectivity index (χ0n) is 9.70. The van der Waals surface area contributed by atoms with Crippen LogP contribution in [0.1, 0.15) is 12.8 Å². The summed E-state index contributed by atoms with van der Waals surface area (Å²) in [4.78, 5) is 26.8. The highest BCUT2D eigenvalue weighted by molar-refractivity contribution is 5.87. The van der Waals surface area contributed by atoms with Gasteiger partial charge in [-0.2, -0.15) is 5.10 Å². The van der Waals surface area contributed by atoms with Gasteiger partial charge in [0.2, 0.25) is 5.91 Å². The van der Waals surface area contributed by atoms with Gasteiger partial charge < -0.3 is 15.2 Å². The summed E-state index contributed by atoms with van der Waals surface area (Å²) in [7, 11) is 0. The normalized spacial score (nSPS) is 18.2. The maximum atomic E-state index is 11.8. The lowest BCUT2D eigenvalue weighted by Gasteiger charge is -2.33. The van der Waals surface area contributed by atoms with Crippen LogP contribution in [0.4, 0.5) is 0 Å². The van der Waals surface area contributed by atoms with Gasteiger partial charge in [0.25, 0.3) is 0 Å². The molecule has 0 aromatic carbocycles. The van der Waals surface area contributed by atoms with Crippen LogP contribution in [-0.4, -0.2) is 50.5 Å². The number of ether oxygens (including phenoxy) is 1. The van der Waals surface area contributed by atoms with Crippen molar-refractivity contribution in [1.82, 2.24) is 20.1 Å². The molecular weight excluding hydrogens is 240 g/mol. The van der Waals surface area contributed by atoms with Crippen molar-refractivity contribution in [3.05, 3.63) is 12.7 Å². The van der Waals surface area contributed by atoms with Crippen LogP contribution in [0.2, 0.25) is 0 Å². The van der Waals surface area contributed by atoms with E-state index in [1.54, 1.807) is 0 Å². The molecule has 8 heteroatoms. The number of hydrogen-bond donors (Lipinski definition) is 2. The molecule has 1 aliphatic heterocycles. The summed E-state index contributed by atoms with van der Waals surface area (Å²) in [6.07, 6.45) is 3.25. The standard InChI is InChI=1S/C10H14N4O4/c15-8(5-14-7-11-6-12-14)13-10(9(16)17)1-3-18-4-2-10/h6-7H,1-5H2,(H,13,15)(H,16,17). The molecule has 0 saturated carbocycles. The van der Waals surface area contributed by atoms with Gasteiger partial charge in [-0.3, -0.25) is 4.79 Å². The van der Waals surface area contributed by atoms with Gasteiger partial charge in [-0.15, -0.1) is 0 Å². The first-order chi connectivity index (χ1) is 8.62. The third-order valence-corrected chi connectivity index (χ3v) is 2.91. The summed E-state index contributed by atoms with van der Waals surface area (Å²) in [5, 5.41) is 15.6. The van der Waals surface area contributed by atoms with E-state index in [1.807, 2.05) is 0 Å². The highest BCUT2D eigenvalue weighted by Gasteiger charge is 2.41. The lowest BCUT2D eigenvalue weighted by Crippen LogP contribution is -2.58. The molecule has 0 atom stereocenters. The summed E-state index contributed by atoms with van der Waals surface area (Å²) in [5.41, 5.74) is -1.23. The third-order valence-electron chi connectivity index (χ3n) is 2.91. The fourth-order valence-electron chi connectivity index (χ4n) is 1.88. The second-order valence-electron chi connectivity index (χ2n) is 4.14. The number of carboxylic acid groups (broad SMARTS) is 1. The van der Waals surface area contributed by atoms with Gasteiger partial charge in [-0.1, -0.05) is 0 Å². The minimum atomic E-state index is -1.23. The Morgan fingerprint density at radius 2 is 2.17 bits per heavy atom. The number of carboxylic acids is 1. The van der Waals surface area contributed by atoms with Crippen LogP contribution in [0.15, 0.2) is 12.7 Å². The molecule has 1 amide bonds. The van der Waals surface area contributed by atoms with Gasteiger partial charge in [-0.25, -0.2) is 14.5 Å². The zero-order valence-corrected chi connectivity index (χ0v) is 9.70. The molecular formula is C10H14N4O4. The number of carbonyl (C=O) groups excluding carboxylic acids is 1. The molecule has 18 heavy (non-hydrogen) atoms. The Bertz CT molecular complexity index is 425. The number of nitrogens with zero attached hydrogens (tertiary/aromatic N) is 3. The summed E-state index contributed by atoms with van der Waals surface area (Å²) in [5.74, 6) is -1.43. The first-order valence-electron chi connectivity index (χ1n) is 5.57. The SMILES string of the molecule is O=C(Cn1cncn1)NC1(C(=O)O)CCOCC1. The Hall–Kier alpha value is -1.96. The van der Waals surface area contributed by atoms with Crippen LogP contribution in [0.5, 0.6) is 0 Å². The van der Waals surface area contributed by atoms with E-state index in [9.17, 15) is 14.7 Å². The van der Waals surface area contributed by atoms with Crippen molar-refractivity contribution in [3.8, 4) is 0 Å². The molecule has 0 bridgehead atoms. The van der Waals surface area contributed by atoms with E-state index in [0.29, 0.717) is 13.2 Å². The van der Waals surface area contributed by atoms with Gasteiger partial charge in [0.1, 0.15) is 24.7 Å². The second-order valence-corrected chi connectivity index (χ2v) is 4.14. The van der Waals surface area contributed by atoms with Gasteiger partial charge in [0.05, 0.1) is 0 Å². The topological polar surface area (TPSA) is 106 Å². The predicted octanol–water partition coefficient (Wildman–Crippen LogP) is -0.972. The average molecular weight is 254 g/mol. The number of nitrogens with one attached hydrogen (secondary N) is 1. The van der Waals surface area contributed by atoms with Crippen LogP contribution in [0.25, 0.3) is 0 Å². The maximum Gasteiger partial charge on any atom is 0.329 e. The van der Waals surface area contributed by atoms with Crippen molar-refractivity contribution in [3.63, 3.8) is 0 Å². The first kappa shape index (κ1) is 12.5. The van der Waals surface area contributed by atoms with E-state index in [-0.39, 0.29) is 19.4 Å². The van der Waals surface area contributed by atoms with Crippen molar-refractivity contribution >= 4 is 11.9 Å². The lowest BCUT2D eigenvalue weighted by molar-refractivity contribution is -0.152. The lowest BCUT2D eigenvalue weighted by atomic mass is 9.90. The highest BCUT2D eigenvalue weighted by Crippen LogP contribution is 2.21. The van der Waals surface area contributed by atoms with E-state index >= 15 is 0 Å². The minimum absolute atomic E-state index is 0.0457. The summed E-state index contributed by atoms with van der Waals surface area (Å²) in [6.45, 7) is 0.613. The number of hydrogen-bond acceptors (Lipinski definition) is 5. The molecule has 0 spiro atoms. The molecule has 1 aliphatic rings. The quantitative estimate of drug-likeness (QED) is 0.716. The van der Waals surface area contributed by atoms with Crippen LogP contribution in [-0.2, 0) is 20.9 Å². The van der Waals surface area contributed by atoms with E-state index in [4.69, 9.17) is 4.74 Å². The molecule has 0 radical (unpaired) electrons. The molecule has 0 aliphatic carbocycles. The molecule has 1 saturated heterocycles. The van der Waals surface area contributed by atoms with Gasteiger partial charge >= 0.3 is 5.97 Å². The average Bonchev–Trinajstić information content (AvgIpc) is 2.82. The van der Waals surface area contributed by atoms with Crippen LogP contribution in [0.3, 0.4) is 0 Å². The Kier molecular flexibility index (Phi) is 3.56. The van der Waals surface area contributed by atoms with Crippen molar-refractivity contribution in [2.75, 3.05) is 13.2 Å². The number of carbonyl (C=O) groups is 2. The van der Waals surface area contributed by atoms with E-state index in [2.05, 4.69) is 15.4 Å². The number of aromatic nitrogens is 3. The third kappa shape index (κ3) is 2.65. The fourth-order valence-corrected chi connectivity index (χ4v) is 1.88. The largest absolute Gasteiger partial charge is 0.480 e. The molecule has 0 unspecified atom stereocenters. The van der Waals surface area contributed by atoms with Crippen LogP contribution < -0.4 is 5.32 Å². The Labute approximate surface area is 103 Å². The molecule has 2 heterocycles. The van der Waals surface area contributed by atoms with E-state index < -0.39 is 17.4 Å². The van der Waals surface area contributed by atoms with Crippen LogP contribution >= 0.6 is 0 Å². The highest BCUT2D eigenvalue weighted by atomic mass is 16.5. The summed E-state index contributed by atoms with van der Waals surface area (Å²) in [6, 6.07) is 0. The van der Waals surface area contributed by atoms with Crippen molar-refractivity contribution < 1.29 is 19.4 Å². The molecule has 8 nitrogen and oxygen atoms in total. The Morgan fingerprint density at radius 1 is 1.44 bits per heavy atom. The molecule has 2 N–H and O–H groups in total. The van der Waals surface area contributed by atoms with Gasteiger partial charge in [0.15, 0.2) is 0 Å². The summed E-state index contributed by atoms with van der Waals surface area (Å²) >= 11 is 0. The van der Waals surface area contributed by atoms with Crippen molar-refractivity contribution in [1.29, 1.82) is 0 Å². The molecule has 98 valence electrons. The first-order valence-corrected chi connectivity index (χ1v) is 5.57.